The molecule has 1 rings (SSSR count). The van der Waals surface area contributed by atoms with Gasteiger partial charge in [-0.2, -0.15) is 0 Å². The Kier molecular flexibility index (Phi) is 9.73. The third-order valence-electron chi connectivity index (χ3n) is 4.43. The Morgan fingerprint density at radius 1 is 1.10 bits per heavy atom. The maximum atomic E-state index is 11.5. The number of esters is 1. The number of likely N-dealkylation sites (tertiary alicyclic amines) is 1. The highest BCUT2D eigenvalue weighted by Crippen LogP contribution is 2.21. The summed E-state index contributed by atoms with van der Waals surface area (Å²) in [6, 6.07) is 0.427. The van der Waals surface area contributed by atoms with Crippen molar-refractivity contribution in [2.45, 2.75) is 83.6 Å². The molecule has 0 aliphatic carbocycles. The van der Waals surface area contributed by atoms with Crippen LogP contribution in [0.5, 0.6) is 0 Å². The van der Waals surface area contributed by atoms with Gasteiger partial charge in [0, 0.05) is 6.04 Å². The zero-order valence-electron chi connectivity index (χ0n) is 13.5. The fourth-order valence-corrected chi connectivity index (χ4v) is 3.13. The van der Waals surface area contributed by atoms with E-state index in [2.05, 4.69) is 11.8 Å². The number of nitrogens with zero attached hydrogens (tertiary/aromatic N) is 1. The molecular weight excluding hydrogens is 250 g/mol. The van der Waals surface area contributed by atoms with Gasteiger partial charge in [0.05, 0.1) is 13.5 Å². The monoisotopic (exact) mass is 283 g/mol. The molecule has 20 heavy (non-hydrogen) atoms. The summed E-state index contributed by atoms with van der Waals surface area (Å²) in [6.07, 6.45) is 13.8. The smallest absolute Gasteiger partial charge is 0.307 e. The van der Waals surface area contributed by atoms with Gasteiger partial charge in [-0.1, -0.05) is 51.9 Å². The fraction of sp³-hybridized carbons (Fsp3) is 0.941. The number of ether oxygens (including phenoxy) is 1. The quantitative estimate of drug-likeness (QED) is 0.445. The molecule has 0 bridgehead atoms. The van der Waals surface area contributed by atoms with Crippen LogP contribution in [-0.4, -0.2) is 37.1 Å². The van der Waals surface area contributed by atoms with Crippen LogP contribution in [-0.2, 0) is 9.53 Å². The Balaban J connectivity index is 2.13. The summed E-state index contributed by atoms with van der Waals surface area (Å²) in [5.74, 6) is -0.0542. The molecule has 1 aliphatic rings. The molecular formula is C17H33NO2. The third kappa shape index (κ3) is 7.28. The van der Waals surface area contributed by atoms with Crippen LogP contribution >= 0.6 is 0 Å². The lowest BCUT2D eigenvalue weighted by Gasteiger charge is -2.35. The molecule has 1 saturated heterocycles. The van der Waals surface area contributed by atoms with E-state index in [0.717, 1.165) is 19.5 Å². The Bertz CT molecular complexity index is 255. The van der Waals surface area contributed by atoms with E-state index in [1.165, 1.54) is 64.9 Å². The molecule has 3 heteroatoms. The minimum Gasteiger partial charge on any atom is -0.469 e. The second kappa shape index (κ2) is 11.1. The lowest BCUT2D eigenvalue weighted by molar-refractivity contribution is -0.142. The molecule has 0 N–H and O–H groups in total. The summed E-state index contributed by atoms with van der Waals surface area (Å²) in [5.41, 5.74) is 0. The first kappa shape index (κ1) is 17.5. The normalized spacial score (nSPS) is 20.0. The molecule has 0 spiro atoms. The Labute approximate surface area is 125 Å². The van der Waals surface area contributed by atoms with E-state index in [-0.39, 0.29) is 5.97 Å². The molecule has 0 radical (unpaired) electrons. The van der Waals surface area contributed by atoms with Crippen molar-refractivity contribution in [3.8, 4) is 0 Å². The highest BCUT2D eigenvalue weighted by atomic mass is 16.5. The molecule has 118 valence electrons. The van der Waals surface area contributed by atoms with E-state index in [9.17, 15) is 4.79 Å². The minimum atomic E-state index is -0.0542. The number of rotatable bonds is 10. The van der Waals surface area contributed by atoms with Gasteiger partial charge in [-0.25, -0.2) is 0 Å². The SMILES string of the molecule is CCCCCCCCCN1CCCCC1CC(=O)OC. The van der Waals surface area contributed by atoms with Gasteiger partial charge >= 0.3 is 5.97 Å². The number of carbonyl (C=O) groups is 1. The van der Waals surface area contributed by atoms with Crippen molar-refractivity contribution in [3.63, 3.8) is 0 Å². The fourth-order valence-electron chi connectivity index (χ4n) is 3.13. The number of unbranched alkanes of at least 4 members (excludes halogenated alkanes) is 6. The van der Waals surface area contributed by atoms with E-state index in [1.807, 2.05) is 0 Å². The van der Waals surface area contributed by atoms with E-state index < -0.39 is 0 Å². The first-order valence-corrected chi connectivity index (χ1v) is 8.58. The first-order chi connectivity index (χ1) is 9.77. The second-order valence-electron chi connectivity index (χ2n) is 6.09. The predicted molar refractivity (Wildman–Crippen MR) is 83.8 cm³/mol. The number of hydrogen-bond donors (Lipinski definition) is 0. The van der Waals surface area contributed by atoms with Crippen LogP contribution in [0, 0.1) is 0 Å². The molecule has 0 aromatic carbocycles. The van der Waals surface area contributed by atoms with E-state index >= 15 is 0 Å². The average molecular weight is 283 g/mol. The third-order valence-corrected chi connectivity index (χ3v) is 4.43. The zero-order chi connectivity index (χ0) is 14.6. The average Bonchev–Trinajstić information content (AvgIpc) is 2.47. The Morgan fingerprint density at radius 3 is 2.50 bits per heavy atom. The molecule has 1 aliphatic heterocycles. The van der Waals surface area contributed by atoms with Crippen LogP contribution in [0.15, 0.2) is 0 Å². The van der Waals surface area contributed by atoms with Crippen LogP contribution in [0.1, 0.15) is 77.6 Å². The second-order valence-corrected chi connectivity index (χ2v) is 6.09. The van der Waals surface area contributed by atoms with Crippen LogP contribution in [0.4, 0.5) is 0 Å². The van der Waals surface area contributed by atoms with Gasteiger partial charge in [0.2, 0.25) is 0 Å². The molecule has 0 aromatic rings. The minimum absolute atomic E-state index is 0.0542. The molecule has 0 amide bonds. The highest BCUT2D eigenvalue weighted by molar-refractivity contribution is 5.69. The van der Waals surface area contributed by atoms with Crippen LogP contribution in [0.2, 0.25) is 0 Å². The number of methoxy groups -OCH3 is 1. The van der Waals surface area contributed by atoms with Crippen LogP contribution < -0.4 is 0 Å². The molecule has 1 fully saturated rings. The van der Waals surface area contributed by atoms with Crippen molar-refractivity contribution >= 4 is 5.97 Å². The Hall–Kier alpha value is -0.570. The molecule has 0 saturated carbocycles. The van der Waals surface area contributed by atoms with Crippen molar-refractivity contribution in [1.82, 2.24) is 4.90 Å². The summed E-state index contributed by atoms with van der Waals surface area (Å²) in [7, 11) is 1.49. The highest BCUT2D eigenvalue weighted by Gasteiger charge is 2.24. The van der Waals surface area contributed by atoms with Gasteiger partial charge in [0.1, 0.15) is 0 Å². The number of carbonyl (C=O) groups excluding carboxylic acids is 1. The van der Waals surface area contributed by atoms with E-state index in [1.54, 1.807) is 0 Å². The topological polar surface area (TPSA) is 29.5 Å². The van der Waals surface area contributed by atoms with E-state index in [0.29, 0.717) is 12.5 Å². The van der Waals surface area contributed by atoms with E-state index in [4.69, 9.17) is 4.74 Å². The van der Waals surface area contributed by atoms with Crippen molar-refractivity contribution < 1.29 is 9.53 Å². The summed E-state index contributed by atoms with van der Waals surface area (Å²) in [4.78, 5) is 14.0. The van der Waals surface area contributed by atoms with Crippen molar-refractivity contribution in [3.05, 3.63) is 0 Å². The van der Waals surface area contributed by atoms with Gasteiger partial charge in [0.25, 0.3) is 0 Å². The molecule has 3 nitrogen and oxygen atoms in total. The van der Waals surface area contributed by atoms with Gasteiger partial charge in [-0.3, -0.25) is 9.69 Å². The van der Waals surface area contributed by atoms with Crippen molar-refractivity contribution in [2.75, 3.05) is 20.2 Å². The lowest BCUT2D eigenvalue weighted by atomic mass is 9.98. The summed E-state index contributed by atoms with van der Waals surface area (Å²) < 4.78 is 4.82. The van der Waals surface area contributed by atoms with Crippen molar-refractivity contribution in [2.24, 2.45) is 0 Å². The van der Waals surface area contributed by atoms with Gasteiger partial charge < -0.3 is 4.74 Å². The number of piperidine rings is 1. The maximum Gasteiger partial charge on any atom is 0.307 e. The molecule has 1 unspecified atom stereocenters. The molecule has 1 heterocycles. The zero-order valence-corrected chi connectivity index (χ0v) is 13.5. The van der Waals surface area contributed by atoms with Gasteiger partial charge in [-0.05, 0) is 32.4 Å². The molecule has 0 aromatic heterocycles. The summed E-state index contributed by atoms with van der Waals surface area (Å²) in [6.45, 7) is 4.59. The van der Waals surface area contributed by atoms with Crippen LogP contribution in [0.3, 0.4) is 0 Å². The summed E-state index contributed by atoms with van der Waals surface area (Å²) in [5, 5.41) is 0. The Morgan fingerprint density at radius 2 is 1.80 bits per heavy atom. The van der Waals surface area contributed by atoms with Crippen molar-refractivity contribution in [1.29, 1.82) is 0 Å². The lowest BCUT2D eigenvalue weighted by Crippen LogP contribution is -2.41. The standard InChI is InChI=1S/C17H33NO2/c1-3-4-5-6-7-8-10-13-18-14-11-9-12-16(18)15-17(19)20-2/h16H,3-15H2,1-2H3. The predicted octanol–water partition coefficient (Wildman–Crippen LogP) is 4.15. The summed E-state index contributed by atoms with van der Waals surface area (Å²) >= 11 is 0. The van der Waals surface area contributed by atoms with Gasteiger partial charge in [0.15, 0.2) is 0 Å². The first-order valence-electron chi connectivity index (χ1n) is 8.58. The van der Waals surface area contributed by atoms with Crippen LogP contribution in [0.25, 0.3) is 0 Å². The van der Waals surface area contributed by atoms with Gasteiger partial charge in [-0.15, -0.1) is 0 Å². The number of hydrogen-bond acceptors (Lipinski definition) is 3. The molecule has 1 atom stereocenters. The largest absolute Gasteiger partial charge is 0.469 e. The maximum absolute atomic E-state index is 11.5.